The van der Waals surface area contributed by atoms with Crippen LogP contribution in [0, 0.1) is 13.8 Å². The molecule has 0 spiro atoms. The standard InChI is InChI=1S/C39H26N4S2/c1-23-13-17-29(37-35(23)40-44-42-37)25-15-19-31-32-20-16-26(30-18-14-24(2)36-38(30)43-45-41-36)22-34(32)39(33(31)21-25,27-9-5-3-6-10-27)28-11-7-4-8-12-28/h3-22H,1-2H3. The van der Waals surface area contributed by atoms with Crippen LogP contribution in [0.3, 0.4) is 0 Å². The summed E-state index contributed by atoms with van der Waals surface area (Å²) in [4.78, 5) is 0. The Bertz CT molecular complexity index is 2240. The maximum absolute atomic E-state index is 4.73. The molecular formula is C39H26N4S2. The van der Waals surface area contributed by atoms with Gasteiger partial charge in [0.2, 0.25) is 0 Å². The molecular weight excluding hydrogens is 589 g/mol. The Labute approximate surface area is 269 Å². The highest BCUT2D eigenvalue weighted by molar-refractivity contribution is 7.00. The van der Waals surface area contributed by atoms with Gasteiger partial charge < -0.3 is 0 Å². The van der Waals surface area contributed by atoms with E-state index in [0.717, 1.165) is 55.4 Å². The Kier molecular flexibility index (Phi) is 5.85. The van der Waals surface area contributed by atoms with E-state index in [4.69, 9.17) is 8.75 Å². The molecule has 0 saturated carbocycles. The number of hydrogen-bond acceptors (Lipinski definition) is 6. The van der Waals surface area contributed by atoms with Gasteiger partial charge in [-0.1, -0.05) is 109 Å². The summed E-state index contributed by atoms with van der Waals surface area (Å²) in [5.41, 5.74) is 17.6. The van der Waals surface area contributed by atoms with Crippen LogP contribution in [-0.4, -0.2) is 17.5 Å². The van der Waals surface area contributed by atoms with Gasteiger partial charge in [0.05, 0.1) is 28.9 Å². The van der Waals surface area contributed by atoms with Crippen LogP contribution in [0.4, 0.5) is 0 Å². The van der Waals surface area contributed by atoms with Crippen molar-refractivity contribution < 1.29 is 0 Å². The van der Waals surface area contributed by atoms with Crippen LogP contribution in [0.15, 0.2) is 121 Å². The van der Waals surface area contributed by atoms with Gasteiger partial charge in [-0.2, -0.15) is 17.5 Å². The zero-order chi connectivity index (χ0) is 30.1. The number of nitrogens with zero attached hydrogens (tertiary/aromatic N) is 4. The van der Waals surface area contributed by atoms with Gasteiger partial charge >= 0.3 is 0 Å². The molecule has 0 fully saturated rings. The highest BCUT2D eigenvalue weighted by Crippen LogP contribution is 2.57. The van der Waals surface area contributed by atoms with Gasteiger partial charge in [0, 0.05) is 11.1 Å². The van der Waals surface area contributed by atoms with Crippen LogP contribution in [0.2, 0.25) is 0 Å². The largest absolute Gasteiger partial charge is 0.173 e. The molecule has 6 heteroatoms. The highest BCUT2D eigenvalue weighted by Gasteiger charge is 2.46. The van der Waals surface area contributed by atoms with Gasteiger partial charge in [-0.15, -0.1) is 0 Å². The lowest BCUT2D eigenvalue weighted by atomic mass is 9.67. The molecule has 0 amide bonds. The summed E-state index contributed by atoms with van der Waals surface area (Å²) >= 11 is 2.56. The van der Waals surface area contributed by atoms with Crippen LogP contribution in [0.5, 0.6) is 0 Å². The van der Waals surface area contributed by atoms with E-state index in [0.29, 0.717) is 0 Å². The lowest BCUT2D eigenvalue weighted by Crippen LogP contribution is -2.28. The zero-order valence-corrected chi connectivity index (χ0v) is 26.3. The lowest BCUT2D eigenvalue weighted by Gasteiger charge is -2.34. The molecule has 0 unspecified atom stereocenters. The first-order valence-corrected chi connectivity index (χ1v) is 16.5. The topological polar surface area (TPSA) is 51.6 Å². The Balaban J connectivity index is 1.37. The van der Waals surface area contributed by atoms with Crippen molar-refractivity contribution in [3.05, 3.63) is 155 Å². The minimum atomic E-state index is -0.534. The van der Waals surface area contributed by atoms with E-state index in [1.807, 2.05) is 0 Å². The average Bonchev–Trinajstić information content (AvgIpc) is 3.84. The number of hydrogen-bond donors (Lipinski definition) is 0. The van der Waals surface area contributed by atoms with Crippen LogP contribution in [0.25, 0.3) is 55.4 Å². The molecule has 2 aromatic heterocycles. The van der Waals surface area contributed by atoms with E-state index in [-0.39, 0.29) is 0 Å². The van der Waals surface area contributed by atoms with Gasteiger partial charge in [0.1, 0.15) is 22.1 Å². The number of rotatable bonds is 4. The van der Waals surface area contributed by atoms with E-state index >= 15 is 0 Å². The Morgan fingerprint density at radius 1 is 0.422 bits per heavy atom. The predicted molar refractivity (Wildman–Crippen MR) is 186 cm³/mol. The SMILES string of the molecule is Cc1ccc(-c2ccc3c(c2)C(c2ccccc2)(c2ccccc2)c2cc(-c4ccc(C)c5nsnc45)ccc2-3)c2nsnc12. The van der Waals surface area contributed by atoms with E-state index < -0.39 is 5.41 Å². The fourth-order valence-corrected chi connectivity index (χ4v) is 8.51. The third-order valence-electron chi connectivity index (χ3n) is 9.41. The predicted octanol–water partition coefficient (Wildman–Crippen LogP) is 10.0. The van der Waals surface area contributed by atoms with E-state index in [1.54, 1.807) is 0 Å². The van der Waals surface area contributed by atoms with Crippen molar-refractivity contribution in [2.75, 3.05) is 0 Å². The van der Waals surface area contributed by atoms with Crippen molar-refractivity contribution in [2.45, 2.75) is 19.3 Å². The van der Waals surface area contributed by atoms with E-state index in [9.17, 15) is 0 Å². The fraction of sp³-hybridized carbons (Fsp3) is 0.0769. The summed E-state index contributed by atoms with van der Waals surface area (Å²) in [6, 6.07) is 44.5. The molecule has 1 aliphatic rings. The van der Waals surface area contributed by atoms with Gasteiger partial charge in [0.25, 0.3) is 0 Å². The minimum Gasteiger partial charge on any atom is -0.173 e. The molecule has 0 saturated heterocycles. The molecule has 214 valence electrons. The normalized spacial score (nSPS) is 13.3. The van der Waals surface area contributed by atoms with Crippen molar-refractivity contribution in [3.63, 3.8) is 0 Å². The second kappa shape index (κ2) is 9.99. The molecule has 0 N–H and O–H groups in total. The number of aryl methyl sites for hydroxylation is 2. The summed E-state index contributed by atoms with van der Waals surface area (Å²) in [6.45, 7) is 4.20. The Morgan fingerprint density at radius 3 is 1.27 bits per heavy atom. The lowest BCUT2D eigenvalue weighted by molar-refractivity contribution is 0.769. The molecule has 2 heterocycles. The molecule has 0 atom stereocenters. The van der Waals surface area contributed by atoms with Crippen molar-refractivity contribution in [2.24, 2.45) is 0 Å². The fourth-order valence-electron chi connectivity index (χ4n) is 7.27. The summed E-state index contributed by atoms with van der Waals surface area (Å²) in [7, 11) is 0. The van der Waals surface area contributed by atoms with Gasteiger partial charge in [-0.3, -0.25) is 0 Å². The second-order valence-corrected chi connectivity index (χ2v) is 12.8. The maximum atomic E-state index is 4.73. The van der Waals surface area contributed by atoms with Crippen LogP contribution >= 0.6 is 23.5 Å². The summed E-state index contributed by atoms with van der Waals surface area (Å²) in [6.07, 6.45) is 0. The first kappa shape index (κ1) is 26.4. The van der Waals surface area contributed by atoms with Gasteiger partial charge in [-0.25, -0.2) is 0 Å². The van der Waals surface area contributed by atoms with E-state index in [2.05, 4.69) is 144 Å². The van der Waals surface area contributed by atoms with Crippen molar-refractivity contribution in [3.8, 4) is 33.4 Å². The highest BCUT2D eigenvalue weighted by atomic mass is 32.1. The first-order valence-electron chi connectivity index (χ1n) is 15.0. The maximum Gasteiger partial charge on any atom is 0.112 e. The molecule has 9 rings (SSSR count). The van der Waals surface area contributed by atoms with Crippen LogP contribution in [-0.2, 0) is 5.41 Å². The second-order valence-electron chi connectivity index (χ2n) is 11.8. The average molecular weight is 615 g/mol. The van der Waals surface area contributed by atoms with Crippen molar-refractivity contribution in [1.29, 1.82) is 0 Å². The van der Waals surface area contributed by atoms with Crippen LogP contribution < -0.4 is 0 Å². The quantitative estimate of drug-likeness (QED) is 0.198. The van der Waals surface area contributed by atoms with Crippen molar-refractivity contribution >= 4 is 45.5 Å². The van der Waals surface area contributed by atoms with E-state index in [1.165, 1.54) is 56.8 Å². The molecule has 0 bridgehead atoms. The molecule has 8 aromatic rings. The molecule has 0 aliphatic heterocycles. The minimum absolute atomic E-state index is 0.534. The molecule has 6 aromatic carbocycles. The summed E-state index contributed by atoms with van der Waals surface area (Å²) < 4.78 is 18.7. The summed E-state index contributed by atoms with van der Waals surface area (Å²) in [5, 5.41) is 0. The summed E-state index contributed by atoms with van der Waals surface area (Å²) in [5.74, 6) is 0. The molecule has 0 radical (unpaired) electrons. The number of benzene rings is 6. The molecule has 1 aliphatic carbocycles. The zero-order valence-electron chi connectivity index (χ0n) is 24.7. The number of aromatic nitrogens is 4. The van der Waals surface area contributed by atoms with Crippen LogP contribution in [0.1, 0.15) is 33.4 Å². The first-order chi connectivity index (χ1) is 22.1. The molecule has 4 nitrogen and oxygen atoms in total. The third kappa shape index (κ3) is 3.76. The smallest absolute Gasteiger partial charge is 0.112 e. The monoisotopic (exact) mass is 614 g/mol. The number of fused-ring (bicyclic) bond motifs is 5. The van der Waals surface area contributed by atoms with Gasteiger partial charge in [0.15, 0.2) is 0 Å². The third-order valence-corrected chi connectivity index (χ3v) is 10.5. The Morgan fingerprint density at radius 2 is 0.822 bits per heavy atom. The Hall–Kier alpha value is -5.04. The van der Waals surface area contributed by atoms with Gasteiger partial charge in [-0.05, 0) is 81.6 Å². The van der Waals surface area contributed by atoms with Crippen molar-refractivity contribution in [1.82, 2.24) is 17.5 Å². The molecule has 45 heavy (non-hydrogen) atoms.